The summed E-state index contributed by atoms with van der Waals surface area (Å²) in [6.45, 7) is 2.01. The first kappa shape index (κ1) is 23.3. The van der Waals surface area contributed by atoms with Crippen LogP contribution in [0.25, 0.3) is 28.1 Å². The van der Waals surface area contributed by atoms with E-state index < -0.39 is 5.97 Å². The molecule has 0 aliphatic heterocycles. The zero-order chi connectivity index (χ0) is 24.2. The van der Waals surface area contributed by atoms with Gasteiger partial charge in [0, 0.05) is 28.1 Å². The minimum absolute atomic E-state index is 0.232. The standard InChI is InChI=1S/C27H19Cl2N3O2/c1-2-18(19-12-13-23(28)31-22(19)15-30)25(17-10-7-16(8-11-17)9-14-24(33)34)27-26(29)20-5-3-4-6-21(20)32-27/h3-14,32H,2H2,1H3,(H,33,34)/b14-9+,25-18+. The molecule has 0 saturated heterocycles. The van der Waals surface area contributed by atoms with E-state index in [-0.39, 0.29) is 10.8 Å². The van der Waals surface area contributed by atoms with E-state index in [2.05, 4.69) is 16.0 Å². The van der Waals surface area contributed by atoms with Gasteiger partial charge < -0.3 is 10.1 Å². The molecule has 2 aromatic heterocycles. The fraction of sp³-hybridized carbons (Fsp3) is 0.0741. The highest BCUT2D eigenvalue weighted by Gasteiger charge is 2.21. The number of carboxylic acid groups (broad SMARTS) is 1. The number of aromatic amines is 1. The number of benzene rings is 2. The van der Waals surface area contributed by atoms with Crippen molar-refractivity contribution in [3.8, 4) is 6.07 Å². The van der Waals surface area contributed by atoms with E-state index in [9.17, 15) is 10.1 Å². The number of aliphatic carboxylic acids is 1. The molecule has 0 aliphatic rings. The molecule has 0 radical (unpaired) electrons. The minimum atomic E-state index is -1.01. The summed E-state index contributed by atoms with van der Waals surface area (Å²) in [7, 11) is 0. The van der Waals surface area contributed by atoms with Crippen molar-refractivity contribution in [2.45, 2.75) is 13.3 Å². The van der Waals surface area contributed by atoms with Crippen LogP contribution in [0.2, 0.25) is 10.2 Å². The van der Waals surface area contributed by atoms with Crippen LogP contribution < -0.4 is 0 Å². The topological polar surface area (TPSA) is 89.8 Å². The number of hydrogen-bond donors (Lipinski definition) is 2. The van der Waals surface area contributed by atoms with Gasteiger partial charge in [-0.1, -0.05) is 72.6 Å². The van der Waals surface area contributed by atoms with Crippen molar-refractivity contribution >= 4 is 57.3 Å². The molecule has 2 heterocycles. The smallest absolute Gasteiger partial charge is 0.328 e. The molecular weight excluding hydrogens is 469 g/mol. The molecule has 168 valence electrons. The number of aromatic nitrogens is 2. The Labute approximate surface area is 206 Å². The fourth-order valence-electron chi connectivity index (χ4n) is 3.94. The molecule has 0 saturated carbocycles. The number of H-pyrrole nitrogens is 1. The summed E-state index contributed by atoms with van der Waals surface area (Å²) in [4.78, 5) is 18.5. The second-order valence-electron chi connectivity index (χ2n) is 7.50. The fourth-order valence-corrected chi connectivity index (χ4v) is 4.40. The Balaban J connectivity index is 2.01. The zero-order valence-electron chi connectivity index (χ0n) is 18.1. The van der Waals surface area contributed by atoms with Crippen molar-refractivity contribution in [3.63, 3.8) is 0 Å². The lowest BCUT2D eigenvalue weighted by molar-refractivity contribution is -0.131. The number of pyridine rings is 1. The third-order valence-electron chi connectivity index (χ3n) is 5.46. The van der Waals surface area contributed by atoms with Gasteiger partial charge in [0.15, 0.2) is 0 Å². The molecule has 4 aromatic rings. The first-order valence-electron chi connectivity index (χ1n) is 10.5. The van der Waals surface area contributed by atoms with E-state index in [1.807, 2.05) is 55.5 Å². The SMILES string of the molecule is CC/C(=C(/c1ccc(/C=C/C(=O)O)cc1)c1[nH]c2ccccc2c1Cl)c1ccc(Cl)nc1C#N. The average molecular weight is 488 g/mol. The highest BCUT2D eigenvalue weighted by atomic mass is 35.5. The summed E-state index contributed by atoms with van der Waals surface area (Å²) >= 11 is 12.9. The van der Waals surface area contributed by atoms with Crippen molar-refractivity contribution in [1.82, 2.24) is 9.97 Å². The monoisotopic (exact) mass is 487 g/mol. The van der Waals surface area contributed by atoms with Gasteiger partial charge in [-0.15, -0.1) is 0 Å². The van der Waals surface area contributed by atoms with Gasteiger partial charge in [-0.2, -0.15) is 5.26 Å². The third kappa shape index (κ3) is 4.60. The lowest BCUT2D eigenvalue weighted by atomic mass is 9.89. The first-order valence-corrected chi connectivity index (χ1v) is 11.3. The number of nitrogens with one attached hydrogen (secondary N) is 1. The highest BCUT2D eigenvalue weighted by Crippen LogP contribution is 2.40. The van der Waals surface area contributed by atoms with Crippen LogP contribution in [-0.2, 0) is 4.79 Å². The maximum absolute atomic E-state index is 10.9. The molecule has 5 nitrogen and oxygen atoms in total. The Morgan fingerprint density at radius 3 is 2.50 bits per heavy atom. The maximum atomic E-state index is 10.9. The number of carbonyl (C=O) groups is 1. The van der Waals surface area contributed by atoms with Crippen LogP contribution in [0, 0.1) is 11.3 Å². The van der Waals surface area contributed by atoms with Crippen molar-refractivity contribution in [1.29, 1.82) is 5.26 Å². The molecule has 0 amide bonds. The number of fused-ring (bicyclic) bond motifs is 1. The highest BCUT2D eigenvalue weighted by molar-refractivity contribution is 6.38. The molecule has 0 aliphatic carbocycles. The second kappa shape index (κ2) is 9.96. The summed E-state index contributed by atoms with van der Waals surface area (Å²) < 4.78 is 0. The Kier molecular flexibility index (Phi) is 6.83. The molecule has 7 heteroatoms. The van der Waals surface area contributed by atoms with Crippen molar-refractivity contribution < 1.29 is 9.90 Å². The van der Waals surface area contributed by atoms with Gasteiger partial charge in [-0.25, -0.2) is 9.78 Å². The molecule has 4 rings (SSSR count). The summed E-state index contributed by atoms with van der Waals surface area (Å²) in [5, 5.41) is 20.4. The Hall–Kier alpha value is -3.85. The van der Waals surface area contributed by atoms with Crippen LogP contribution >= 0.6 is 23.2 Å². The molecule has 0 fully saturated rings. The van der Waals surface area contributed by atoms with Crippen LogP contribution in [0.1, 0.15) is 41.4 Å². The molecule has 0 spiro atoms. The Bertz CT molecular complexity index is 1490. The molecule has 0 atom stereocenters. The van der Waals surface area contributed by atoms with Gasteiger partial charge in [0.05, 0.1) is 10.7 Å². The minimum Gasteiger partial charge on any atom is -0.478 e. The van der Waals surface area contributed by atoms with Crippen LogP contribution in [0.3, 0.4) is 0 Å². The molecule has 2 N–H and O–H groups in total. The number of hydrogen-bond acceptors (Lipinski definition) is 3. The number of nitriles is 1. The Morgan fingerprint density at radius 2 is 1.85 bits per heavy atom. The van der Waals surface area contributed by atoms with Gasteiger partial charge in [0.2, 0.25) is 0 Å². The van der Waals surface area contributed by atoms with Gasteiger partial charge in [0.25, 0.3) is 0 Å². The van der Waals surface area contributed by atoms with Gasteiger partial charge in [0.1, 0.15) is 16.9 Å². The molecule has 2 aromatic carbocycles. The molecule has 0 unspecified atom stereocenters. The zero-order valence-corrected chi connectivity index (χ0v) is 19.7. The summed E-state index contributed by atoms with van der Waals surface area (Å²) in [5.74, 6) is -1.01. The van der Waals surface area contributed by atoms with Crippen molar-refractivity contribution in [3.05, 3.63) is 105 Å². The number of para-hydroxylation sites is 1. The van der Waals surface area contributed by atoms with E-state index in [1.54, 1.807) is 12.1 Å². The largest absolute Gasteiger partial charge is 0.478 e. The van der Waals surface area contributed by atoms with E-state index in [0.29, 0.717) is 17.0 Å². The van der Waals surface area contributed by atoms with Crippen molar-refractivity contribution in [2.75, 3.05) is 0 Å². The predicted molar refractivity (Wildman–Crippen MR) is 137 cm³/mol. The average Bonchev–Trinajstić information content (AvgIpc) is 3.18. The van der Waals surface area contributed by atoms with E-state index in [0.717, 1.165) is 44.9 Å². The van der Waals surface area contributed by atoms with E-state index in [4.69, 9.17) is 28.3 Å². The van der Waals surface area contributed by atoms with Gasteiger partial charge in [-0.05, 0) is 47.4 Å². The number of halogens is 2. The van der Waals surface area contributed by atoms with E-state index in [1.165, 1.54) is 6.08 Å². The van der Waals surface area contributed by atoms with Gasteiger partial charge in [-0.3, -0.25) is 0 Å². The van der Waals surface area contributed by atoms with Gasteiger partial charge >= 0.3 is 5.97 Å². The normalized spacial score (nSPS) is 12.1. The van der Waals surface area contributed by atoms with Crippen molar-refractivity contribution in [2.24, 2.45) is 0 Å². The summed E-state index contributed by atoms with van der Waals surface area (Å²) in [6, 6.07) is 20.9. The van der Waals surface area contributed by atoms with E-state index >= 15 is 0 Å². The first-order chi connectivity index (χ1) is 16.4. The summed E-state index contributed by atoms with van der Waals surface area (Å²) in [6.07, 6.45) is 3.22. The maximum Gasteiger partial charge on any atom is 0.328 e. The summed E-state index contributed by atoms with van der Waals surface area (Å²) in [5.41, 5.74) is 5.84. The number of allylic oxidation sites excluding steroid dienone is 1. The predicted octanol–water partition coefficient (Wildman–Crippen LogP) is 7.21. The molecule has 0 bridgehead atoms. The number of rotatable bonds is 6. The van der Waals surface area contributed by atoms with Crippen LogP contribution in [-0.4, -0.2) is 21.0 Å². The lowest BCUT2D eigenvalue weighted by Crippen LogP contribution is -2.00. The van der Waals surface area contributed by atoms with Crippen LogP contribution in [0.4, 0.5) is 0 Å². The Morgan fingerprint density at radius 1 is 1.12 bits per heavy atom. The molecular formula is C27H19Cl2N3O2. The third-order valence-corrected chi connectivity index (χ3v) is 6.06. The number of nitrogens with zero attached hydrogens (tertiary/aromatic N) is 2. The number of carboxylic acids is 1. The second-order valence-corrected chi connectivity index (χ2v) is 8.27. The lowest BCUT2D eigenvalue weighted by Gasteiger charge is -2.16. The molecule has 34 heavy (non-hydrogen) atoms. The quantitative estimate of drug-likeness (QED) is 0.222. The van der Waals surface area contributed by atoms with Crippen LogP contribution in [0.5, 0.6) is 0 Å². The van der Waals surface area contributed by atoms with Crippen LogP contribution in [0.15, 0.2) is 66.7 Å².